The summed E-state index contributed by atoms with van der Waals surface area (Å²) in [5, 5.41) is 6.99. The molecule has 4 fully saturated rings. The van der Waals surface area contributed by atoms with Crippen LogP contribution in [-0.4, -0.2) is 49.2 Å². The standard InChI is InChI=1S/C31H31F5N4O5S/c32-24-11-17(30(41)39-46(42,43)21-9-10-21)12-25(33)28(24)40-19-7-8-20(40)14-18(13-19)37-15-23-27(38-45-29(23)16-5-6-16)22-3-1-2-4-26(22)44-31(34,35)36/h1-4,11-12,16,18-21,37H,5-10,13-15H2,(H,39,41). The van der Waals surface area contributed by atoms with Gasteiger partial charge in [0.25, 0.3) is 5.91 Å². The fourth-order valence-electron chi connectivity index (χ4n) is 6.79. The number of ether oxygens (including phenoxy) is 1. The van der Waals surface area contributed by atoms with Crippen molar-refractivity contribution in [2.75, 3.05) is 4.90 Å². The van der Waals surface area contributed by atoms with E-state index in [9.17, 15) is 26.4 Å². The Balaban J connectivity index is 1.07. The molecule has 15 heteroatoms. The highest BCUT2D eigenvalue weighted by Gasteiger charge is 2.44. The second-order valence-corrected chi connectivity index (χ2v) is 14.5. The average Bonchev–Trinajstić information content (AvgIpc) is 3.91. The number of alkyl halides is 3. The number of aromatic nitrogens is 1. The summed E-state index contributed by atoms with van der Waals surface area (Å²) in [5.41, 5.74) is 0.435. The topological polar surface area (TPSA) is 114 Å². The molecule has 7 rings (SSSR count). The molecule has 3 aromatic rings. The van der Waals surface area contributed by atoms with E-state index in [4.69, 9.17) is 4.52 Å². The van der Waals surface area contributed by atoms with Crippen LogP contribution >= 0.6 is 0 Å². The number of nitrogens with zero attached hydrogens (tertiary/aromatic N) is 2. The summed E-state index contributed by atoms with van der Waals surface area (Å²) in [7, 11) is -3.88. The van der Waals surface area contributed by atoms with Gasteiger partial charge in [-0.05, 0) is 75.6 Å². The summed E-state index contributed by atoms with van der Waals surface area (Å²) in [6, 6.07) is 7.04. The third kappa shape index (κ3) is 6.18. The number of carbonyl (C=O) groups excluding carboxylic acids is 1. The molecule has 0 spiro atoms. The molecule has 3 heterocycles. The van der Waals surface area contributed by atoms with Gasteiger partial charge in [-0.25, -0.2) is 21.9 Å². The Kier molecular flexibility index (Phi) is 7.73. The number of halogens is 5. The predicted molar refractivity (Wildman–Crippen MR) is 156 cm³/mol. The van der Waals surface area contributed by atoms with Gasteiger partial charge in [0, 0.05) is 47.3 Å². The molecule has 2 atom stereocenters. The van der Waals surface area contributed by atoms with Crippen molar-refractivity contribution in [3.05, 3.63) is 64.9 Å². The van der Waals surface area contributed by atoms with Crippen molar-refractivity contribution in [2.45, 2.75) is 93.6 Å². The number of hydrogen-bond donors (Lipinski definition) is 2. The molecule has 2 N–H and O–H groups in total. The van der Waals surface area contributed by atoms with Gasteiger partial charge in [-0.3, -0.25) is 4.79 Å². The molecule has 1 aromatic heterocycles. The van der Waals surface area contributed by atoms with Gasteiger partial charge in [-0.1, -0.05) is 17.3 Å². The maximum atomic E-state index is 15.4. The molecule has 2 saturated carbocycles. The number of nitrogens with one attached hydrogen (secondary N) is 2. The Hall–Kier alpha value is -3.72. The second-order valence-electron chi connectivity index (χ2n) is 12.5. The second kappa shape index (κ2) is 11.5. The zero-order chi connectivity index (χ0) is 32.4. The molecule has 4 aliphatic rings. The van der Waals surface area contributed by atoms with Crippen molar-refractivity contribution in [1.82, 2.24) is 15.2 Å². The number of carbonyl (C=O) groups is 1. The number of rotatable bonds is 10. The Morgan fingerprint density at radius 3 is 2.26 bits per heavy atom. The molecule has 246 valence electrons. The molecular formula is C31H31F5N4O5S. The van der Waals surface area contributed by atoms with Gasteiger partial charge in [0.2, 0.25) is 10.0 Å². The van der Waals surface area contributed by atoms with E-state index in [1.165, 1.54) is 18.2 Å². The normalized spacial score (nSPS) is 23.1. The fraction of sp³-hybridized carbons (Fsp3) is 0.484. The van der Waals surface area contributed by atoms with Crippen LogP contribution in [0.2, 0.25) is 0 Å². The van der Waals surface area contributed by atoms with Crippen LogP contribution in [0.5, 0.6) is 5.75 Å². The van der Waals surface area contributed by atoms with Gasteiger partial charge < -0.3 is 19.5 Å². The first kappa shape index (κ1) is 30.9. The van der Waals surface area contributed by atoms with Gasteiger partial charge in [-0.15, -0.1) is 13.2 Å². The summed E-state index contributed by atoms with van der Waals surface area (Å²) in [6.07, 6.45) is 0.240. The Morgan fingerprint density at radius 2 is 1.65 bits per heavy atom. The van der Waals surface area contributed by atoms with Crippen molar-refractivity contribution >= 4 is 21.6 Å². The van der Waals surface area contributed by atoms with Crippen molar-refractivity contribution in [3.8, 4) is 17.0 Å². The first-order valence-corrected chi connectivity index (χ1v) is 16.8. The van der Waals surface area contributed by atoms with Crippen LogP contribution in [0, 0.1) is 11.6 Å². The molecule has 9 nitrogen and oxygen atoms in total. The molecular weight excluding hydrogens is 635 g/mol. The molecule has 1 amide bonds. The number of sulfonamides is 1. The van der Waals surface area contributed by atoms with Gasteiger partial charge in [-0.2, -0.15) is 0 Å². The molecule has 2 aromatic carbocycles. The maximum Gasteiger partial charge on any atom is 0.573 e. The Bertz CT molecular complexity index is 1740. The summed E-state index contributed by atoms with van der Waals surface area (Å²) < 4.78 is 106. The summed E-state index contributed by atoms with van der Waals surface area (Å²) in [6.45, 7) is 0.269. The molecule has 0 radical (unpaired) electrons. The lowest BCUT2D eigenvalue weighted by atomic mass is 9.95. The minimum Gasteiger partial charge on any atom is -0.405 e. The first-order valence-electron chi connectivity index (χ1n) is 15.3. The van der Waals surface area contributed by atoms with Crippen molar-refractivity contribution in [2.24, 2.45) is 0 Å². The van der Waals surface area contributed by atoms with Crippen LogP contribution in [-0.2, 0) is 16.6 Å². The lowest BCUT2D eigenvalue weighted by Gasteiger charge is -2.41. The van der Waals surface area contributed by atoms with E-state index in [0.717, 1.165) is 25.0 Å². The average molecular weight is 667 g/mol. The van der Waals surface area contributed by atoms with Crippen LogP contribution in [0.1, 0.15) is 79.0 Å². The van der Waals surface area contributed by atoms with Gasteiger partial charge >= 0.3 is 6.36 Å². The largest absolute Gasteiger partial charge is 0.573 e. The zero-order valence-corrected chi connectivity index (χ0v) is 25.3. The fourth-order valence-corrected chi connectivity index (χ4v) is 8.09. The van der Waals surface area contributed by atoms with Crippen molar-refractivity contribution < 1.29 is 44.4 Å². The number of piperidine rings is 1. The summed E-state index contributed by atoms with van der Waals surface area (Å²) in [4.78, 5) is 14.2. The van der Waals surface area contributed by atoms with Gasteiger partial charge in [0.05, 0.1) is 5.25 Å². The van der Waals surface area contributed by atoms with Crippen molar-refractivity contribution in [1.29, 1.82) is 0 Å². The summed E-state index contributed by atoms with van der Waals surface area (Å²) >= 11 is 0. The van der Waals surface area contributed by atoms with Gasteiger partial charge in [0.1, 0.15) is 34.5 Å². The number of amides is 1. The van der Waals surface area contributed by atoms with E-state index in [-0.39, 0.29) is 53.3 Å². The lowest BCUT2D eigenvalue weighted by molar-refractivity contribution is -0.274. The molecule has 46 heavy (non-hydrogen) atoms. The van der Waals surface area contributed by atoms with E-state index >= 15 is 8.78 Å². The number of fused-ring (bicyclic) bond motifs is 2. The van der Waals surface area contributed by atoms with E-state index in [1.54, 1.807) is 11.0 Å². The molecule has 2 aliphatic carbocycles. The van der Waals surface area contributed by atoms with Gasteiger partial charge in [0.15, 0.2) is 0 Å². The van der Waals surface area contributed by atoms with Crippen LogP contribution in [0.4, 0.5) is 27.6 Å². The van der Waals surface area contributed by atoms with Crippen LogP contribution in [0.3, 0.4) is 0 Å². The predicted octanol–water partition coefficient (Wildman–Crippen LogP) is 5.91. The van der Waals surface area contributed by atoms with Crippen LogP contribution in [0.15, 0.2) is 40.9 Å². The van der Waals surface area contributed by atoms with E-state index < -0.39 is 44.7 Å². The molecule has 2 aliphatic heterocycles. The highest BCUT2D eigenvalue weighted by atomic mass is 32.2. The van der Waals surface area contributed by atoms with E-state index in [1.807, 2.05) is 4.72 Å². The van der Waals surface area contributed by atoms with Crippen LogP contribution < -0.4 is 19.7 Å². The number of benzene rings is 2. The van der Waals surface area contributed by atoms with Crippen molar-refractivity contribution in [3.63, 3.8) is 0 Å². The Morgan fingerprint density at radius 1 is 1.00 bits per heavy atom. The number of anilines is 1. The zero-order valence-electron chi connectivity index (χ0n) is 24.4. The SMILES string of the molecule is O=C(NS(=O)(=O)C1CC1)c1cc(F)c(N2C3CCC2CC(NCc2c(-c4ccccc4OC(F)(F)F)noc2C2CC2)C3)c(F)c1. The number of para-hydroxylation sites is 1. The highest BCUT2D eigenvalue weighted by molar-refractivity contribution is 7.91. The smallest absolute Gasteiger partial charge is 0.405 e. The quantitative estimate of drug-likeness (QED) is 0.257. The molecule has 2 unspecified atom stereocenters. The highest BCUT2D eigenvalue weighted by Crippen LogP contribution is 2.46. The minimum atomic E-state index is -4.88. The maximum absolute atomic E-state index is 15.4. The van der Waals surface area contributed by atoms with E-state index in [2.05, 4.69) is 15.2 Å². The van der Waals surface area contributed by atoms with Crippen LogP contribution in [0.25, 0.3) is 11.3 Å². The number of hydrogen-bond acceptors (Lipinski definition) is 8. The minimum absolute atomic E-state index is 0.0611. The first-order chi connectivity index (χ1) is 21.9. The molecule has 2 bridgehead atoms. The van der Waals surface area contributed by atoms with E-state index in [0.29, 0.717) is 49.8 Å². The third-order valence-corrected chi connectivity index (χ3v) is 11.0. The molecule has 2 saturated heterocycles. The third-order valence-electron chi connectivity index (χ3n) is 9.17. The summed E-state index contributed by atoms with van der Waals surface area (Å²) in [5.74, 6) is -2.58. The Labute approximate surface area is 261 Å². The lowest BCUT2D eigenvalue weighted by Crippen LogP contribution is -2.49. The monoisotopic (exact) mass is 666 g/mol.